The van der Waals surface area contributed by atoms with Gasteiger partial charge in [-0.2, -0.15) is 17.0 Å². The van der Waals surface area contributed by atoms with E-state index >= 15 is 0 Å². The molecule has 0 bridgehead atoms. The van der Waals surface area contributed by atoms with Crippen LogP contribution < -0.4 is 0 Å². The molecule has 0 radical (unpaired) electrons. The molecule has 0 unspecified atom stereocenters. The Morgan fingerprint density at radius 3 is 2.64 bits per heavy atom. The molecule has 1 aliphatic rings. The number of fused-ring (bicyclic) bond motifs is 1. The van der Waals surface area contributed by atoms with Crippen molar-refractivity contribution in [2.75, 3.05) is 40.3 Å². The molecule has 1 aromatic heterocycles. The van der Waals surface area contributed by atoms with Crippen LogP contribution in [0.25, 0.3) is 11.0 Å². The van der Waals surface area contributed by atoms with Crippen molar-refractivity contribution in [2.45, 2.75) is 6.42 Å². The SMILES string of the molecule is CN(C)S(=O)(=O)N1CCCN(C(=O)c2ccc3c(c2)ncn3C)CC1. The molecule has 0 spiro atoms. The number of rotatable bonds is 3. The highest BCUT2D eigenvalue weighted by atomic mass is 32.2. The number of imidazole rings is 1. The summed E-state index contributed by atoms with van der Waals surface area (Å²) in [6.45, 7) is 1.65. The van der Waals surface area contributed by atoms with Gasteiger partial charge in [0, 0.05) is 52.9 Å². The number of carbonyl (C=O) groups excluding carboxylic acids is 1. The van der Waals surface area contributed by atoms with E-state index < -0.39 is 10.2 Å². The van der Waals surface area contributed by atoms with Crippen molar-refractivity contribution in [3.8, 4) is 0 Å². The molecule has 0 atom stereocenters. The van der Waals surface area contributed by atoms with Gasteiger partial charge < -0.3 is 9.47 Å². The summed E-state index contributed by atoms with van der Waals surface area (Å²) in [5, 5.41) is 0. The zero-order valence-electron chi connectivity index (χ0n) is 14.7. The van der Waals surface area contributed by atoms with Crippen LogP contribution in [-0.4, -0.2) is 77.7 Å². The third-order valence-corrected chi connectivity index (χ3v) is 6.44. The second-order valence-corrected chi connectivity index (χ2v) is 8.54. The van der Waals surface area contributed by atoms with Crippen LogP contribution in [0.2, 0.25) is 0 Å². The highest BCUT2D eigenvalue weighted by molar-refractivity contribution is 7.86. The minimum absolute atomic E-state index is 0.0864. The number of amides is 1. The van der Waals surface area contributed by atoms with Crippen molar-refractivity contribution < 1.29 is 13.2 Å². The Hall–Kier alpha value is -1.97. The molecule has 0 aliphatic carbocycles. The smallest absolute Gasteiger partial charge is 0.281 e. The lowest BCUT2D eigenvalue weighted by Crippen LogP contribution is -2.42. The Kier molecular flexibility index (Phi) is 4.81. The summed E-state index contributed by atoms with van der Waals surface area (Å²) in [4.78, 5) is 18.8. The largest absolute Gasteiger partial charge is 0.337 e. The summed E-state index contributed by atoms with van der Waals surface area (Å²) in [7, 11) is 1.50. The van der Waals surface area contributed by atoms with Crippen LogP contribution in [0.5, 0.6) is 0 Å². The minimum atomic E-state index is -3.45. The van der Waals surface area contributed by atoms with Gasteiger partial charge in [0.2, 0.25) is 0 Å². The number of benzene rings is 1. The molecule has 1 amide bonds. The Morgan fingerprint density at radius 1 is 1.16 bits per heavy atom. The first-order chi connectivity index (χ1) is 11.8. The third kappa shape index (κ3) is 3.39. The number of hydrogen-bond acceptors (Lipinski definition) is 4. The van der Waals surface area contributed by atoms with E-state index in [2.05, 4.69) is 4.98 Å². The Balaban J connectivity index is 1.76. The average molecular weight is 365 g/mol. The van der Waals surface area contributed by atoms with Crippen molar-refractivity contribution in [3.63, 3.8) is 0 Å². The van der Waals surface area contributed by atoms with Crippen molar-refractivity contribution in [3.05, 3.63) is 30.1 Å². The highest BCUT2D eigenvalue weighted by Gasteiger charge is 2.28. The molecule has 1 fully saturated rings. The van der Waals surface area contributed by atoms with E-state index in [1.54, 1.807) is 23.4 Å². The van der Waals surface area contributed by atoms with Crippen molar-refractivity contribution in [1.29, 1.82) is 0 Å². The fourth-order valence-corrected chi connectivity index (χ4v) is 4.14. The van der Waals surface area contributed by atoms with E-state index in [0.717, 1.165) is 11.0 Å². The molecule has 3 rings (SSSR count). The van der Waals surface area contributed by atoms with Gasteiger partial charge in [0.05, 0.1) is 17.4 Å². The van der Waals surface area contributed by atoms with Crippen LogP contribution in [0.4, 0.5) is 0 Å². The lowest BCUT2D eigenvalue weighted by atomic mass is 10.1. The van der Waals surface area contributed by atoms with Gasteiger partial charge in [-0.25, -0.2) is 4.98 Å². The van der Waals surface area contributed by atoms with Gasteiger partial charge in [0.25, 0.3) is 16.1 Å². The molecule has 0 N–H and O–H groups in total. The highest BCUT2D eigenvalue weighted by Crippen LogP contribution is 2.17. The molecule has 2 heterocycles. The van der Waals surface area contributed by atoms with Crippen LogP contribution in [0.3, 0.4) is 0 Å². The number of aromatic nitrogens is 2. The summed E-state index contributed by atoms with van der Waals surface area (Å²) in [6, 6.07) is 5.47. The first kappa shape index (κ1) is 17.8. The van der Waals surface area contributed by atoms with Gasteiger partial charge in [-0.05, 0) is 24.6 Å². The second kappa shape index (κ2) is 6.74. The molecule has 8 nitrogen and oxygen atoms in total. The van der Waals surface area contributed by atoms with E-state index in [9.17, 15) is 13.2 Å². The molecule has 0 saturated carbocycles. The monoisotopic (exact) mass is 365 g/mol. The predicted molar refractivity (Wildman–Crippen MR) is 95.4 cm³/mol. The first-order valence-corrected chi connectivity index (χ1v) is 9.58. The molecule has 1 saturated heterocycles. The Bertz CT molecular complexity index is 890. The molecule has 1 aromatic carbocycles. The lowest BCUT2D eigenvalue weighted by Gasteiger charge is -2.24. The number of aryl methyl sites for hydroxylation is 1. The van der Waals surface area contributed by atoms with Gasteiger partial charge >= 0.3 is 0 Å². The molecule has 1 aliphatic heterocycles. The summed E-state index contributed by atoms with van der Waals surface area (Å²) in [5.74, 6) is -0.0864. The van der Waals surface area contributed by atoms with Gasteiger partial charge in [0.15, 0.2) is 0 Å². The summed E-state index contributed by atoms with van der Waals surface area (Å²) in [5.41, 5.74) is 2.32. The van der Waals surface area contributed by atoms with E-state index in [-0.39, 0.29) is 5.91 Å². The molecule has 2 aromatic rings. The molecule has 9 heteroatoms. The van der Waals surface area contributed by atoms with Crippen LogP contribution in [0.15, 0.2) is 24.5 Å². The molecular formula is C16H23N5O3S. The van der Waals surface area contributed by atoms with Crippen molar-refractivity contribution in [1.82, 2.24) is 23.1 Å². The zero-order chi connectivity index (χ0) is 18.2. The van der Waals surface area contributed by atoms with Gasteiger partial charge in [-0.1, -0.05) is 0 Å². The minimum Gasteiger partial charge on any atom is -0.337 e. The molecular weight excluding hydrogens is 342 g/mol. The third-order valence-electron chi connectivity index (χ3n) is 4.50. The maximum absolute atomic E-state index is 12.8. The topological polar surface area (TPSA) is 78.8 Å². The lowest BCUT2D eigenvalue weighted by molar-refractivity contribution is 0.0764. The Labute approximate surface area is 147 Å². The van der Waals surface area contributed by atoms with Gasteiger partial charge in [0.1, 0.15) is 0 Å². The normalized spacial score (nSPS) is 17.2. The summed E-state index contributed by atoms with van der Waals surface area (Å²) < 4.78 is 29.1. The fraction of sp³-hybridized carbons (Fsp3) is 0.500. The summed E-state index contributed by atoms with van der Waals surface area (Å²) >= 11 is 0. The zero-order valence-corrected chi connectivity index (χ0v) is 15.5. The van der Waals surface area contributed by atoms with Gasteiger partial charge in [-0.3, -0.25) is 4.79 Å². The Morgan fingerprint density at radius 2 is 1.92 bits per heavy atom. The number of hydrogen-bond donors (Lipinski definition) is 0. The maximum Gasteiger partial charge on any atom is 0.281 e. The standard InChI is InChI=1S/C16H23N5O3S/c1-18(2)25(23,24)21-8-4-7-20(9-10-21)16(22)13-5-6-15-14(11-13)17-12-19(15)3/h5-6,11-12H,4,7-10H2,1-3H3. The predicted octanol–water partition coefficient (Wildman–Crippen LogP) is 0.528. The van der Waals surface area contributed by atoms with Crippen molar-refractivity contribution >= 4 is 27.1 Å². The number of nitrogens with zero attached hydrogens (tertiary/aromatic N) is 5. The van der Waals surface area contributed by atoms with E-state index in [0.29, 0.717) is 38.2 Å². The van der Waals surface area contributed by atoms with Crippen LogP contribution in [-0.2, 0) is 17.3 Å². The first-order valence-electron chi connectivity index (χ1n) is 8.18. The second-order valence-electron chi connectivity index (χ2n) is 6.39. The van der Waals surface area contributed by atoms with Crippen LogP contribution in [0, 0.1) is 0 Å². The number of carbonyl (C=O) groups is 1. The quantitative estimate of drug-likeness (QED) is 0.795. The van der Waals surface area contributed by atoms with Crippen LogP contribution >= 0.6 is 0 Å². The average Bonchev–Trinajstić information content (AvgIpc) is 2.80. The maximum atomic E-state index is 12.8. The van der Waals surface area contributed by atoms with E-state index in [1.807, 2.05) is 17.7 Å². The molecule has 136 valence electrons. The van der Waals surface area contributed by atoms with Crippen molar-refractivity contribution in [2.24, 2.45) is 7.05 Å². The van der Waals surface area contributed by atoms with Gasteiger partial charge in [-0.15, -0.1) is 0 Å². The van der Waals surface area contributed by atoms with E-state index in [4.69, 9.17) is 0 Å². The fourth-order valence-electron chi connectivity index (χ4n) is 3.01. The molecule has 25 heavy (non-hydrogen) atoms. The summed E-state index contributed by atoms with van der Waals surface area (Å²) in [6.07, 6.45) is 2.33. The van der Waals surface area contributed by atoms with E-state index in [1.165, 1.54) is 22.7 Å². The van der Waals surface area contributed by atoms with Crippen LogP contribution in [0.1, 0.15) is 16.8 Å².